The van der Waals surface area contributed by atoms with E-state index in [0.29, 0.717) is 0 Å². The average molecular weight is 129 g/mol. The first-order valence-electron chi connectivity index (χ1n) is 3.88. The first-order chi connectivity index (χ1) is 4.18. The highest BCUT2D eigenvalue weighted by molar-refractivity contribution is 4.56. The maximum absolute atomic E-state index is 5.38. The third-order valence-corrected chi connectivity index (χ3v) is 2.00. The van der Waals surface area contributed by atoms with Crippen LogP contribution in [0.3, 0.4) is 0 Å². The zero-order chi connectivity index (χ0) is 7.28. The molecule has 0 rings (SSSR count). The first-order valence-corrected chi connectivity index (χ1v) is 3.88. The highest BCUT2D eigenvalue weighted by atomic mass is 14.5. The average Bonchev–Trinajstić information content (AvgIpc) is 1.82. The molecule has 0 radical (unpaired) electrons. The molecule has 0 aliphatic carbocycles. The van der Waals surface area contributed by atoms with Crippen LogP contribution in [0.1, 0.15) is 33.6 Å². The molecule has 2 N–H and O–H groups in total. The highest BCUT2D eigenvalue weighted by Crippen LogP contribution is 2.14. The summed E-state index contributed by atoms with van der Waals surface area (Å²) in [5, 5.41) is 0. The Morgan fingerprint density at radius 3 is 2.11 bits per heavy atom. The molecule has 0 aliphatic heterocycles. The predicted octanol–water partition coefficient (Wildman–Crippen LogP) is 2.02. The van der Waals surface area contributed by atoms with Gasteiger partial charge in [-0.25, -0.2) is 0 Å². The van der Waals surface area contributed by atoms with Crippen LogP contribution in [0.25, 0.3) is 0 Å². The zero-order valence-corrected chi connectivity index (χ0v) is 6.85. The quantitative estimate of drug-likeness (QED) is 0.617. The zero-order valence-electron chi connectivity index (χ0n) is 6.85. The molecule has 1 nitrogen and oxygen atoms in total. The van der Waals surface area contributed by atoms with Gasteiger partial charge in [-0.3, -0.25) is 0 Å². The van der Waals surface area contributed by atoms with Crippen LogP contribution in [-0.2, 0) is 0 Å². The van der Waals surface area contributed by atoms with Gasteiger partial charge in [0.15, 0.2) is 0 Å². The molecule has 0 aromatic rings. The summed E-state index contributed by atoms with van der Waals surface area (Å²) in [6.45, 7) is 7.67. The number of hydrogen-bond donors (Lipinski definition) is 1. The molecule has 0 amide bonds. The summed E-state index contributed by atoms with van der Waals surface area (Å²) in [6, 6.07) is 0. The lowest BCUT2D eigenvalue weighted by molar-refractivity contribution is 0.385. The Morgan fingerprint density at radius 2 is 1.78 bits per heavy atom. The van der Waals surface area contributed by atoms with Gasteiger partial charge in [0.05, 0.1) is 0 Å². The van der Waals surface area contributed by atoms with Gasteiger partial charge in [-0.15, -0.1) is 0 Å². The van der Waals surface area contributed by atoms with E-state index < -0.39 is 0 Å². The van der Waals surface area contributed by atoms with Crippen LogP contribution in [-0.4, -0.2) is 6.54 Å². The Bertz CT molecular complexity index is 59.6. The standard InChI is InChI=1S/C8H19N/c1-7(2)8(3)5-4-6-9/h7-8H,4-6,9H2,1-3H3. The summed E-state index contributed by atoms with van der Waals surface area (Å²) >= 11 is 0. The molecular formula is C8H19N. The molecule has 1 unspecified atom stereocenters. The molecule has 1 heteroatoms. The number of nitrogens with two attached hydrogens (primary N) is 1. The van der Waals surface area contributed by atoms with Gasteiger partial charge in [0, 0.05) is 0 Å². The van der Waals surface area contributed by atoms with E-state index in [-0.39, 0.29) is 0 Å². The van der Waals surface area contributed by atoms with Crippen LogP contribution in [0.15, 0.2) is 0 Å². The first kappa shape index (κ1) is 8.96. The molecule has 1 atom stereocenters. The largest absolute Gasteiger partial charge is 0.330 e. The van der Waals surface area contributed by atoms with Crippen molar-refractivity contribution < 1.29 is 0 Å². The van der Waals surface area contributed by atoms with E-state index in [1.807, 2.05) is 0 Å². The molecule has 0 fully saturated rings. The second-order valence-electron chi connectivity index (χ2n) is 3.15. The van der Waals surface area contributed by atoms with Crippen molar-refractivity contribution in [3.05, 3.63) is 0 Å². The molecular weight excluding hydrogens is 110 g/mol. The van der Waals surface area contributed by atoms with E-state index in [4.69, 9.17) is 5.73 Å². The fourth-order valence-electron chi connectivity index (χ4n) is 0.773. The maximum Gasteiger partial charge on any atom is -0.00772 e. The molecule has 0 bridgehead atoms. The van der Waals surface area contributed by atoms with Crippen LogP contribution < -0.4 is 5.73 Å². The van der Waals surface area contributed by atoms with E-state index in [1.54, 1.807) is 0 Å². The van der Waals surface area contributed by atoms with Gasteiger partial charge in [-0.05, 0) is 31.2 Å². The van der Waals surface area contributed by atoms with Crippen molar-refractivity contribution in [1.29, 1.82) is 0 Å². The minimum Gasteiger partial charge on any atom is -0.330 e. The molecule has 0 aromatic carbocycles. The number of hydrogen-bond acceptors (Lipinski definition) is 1. The van der Waals surface area contributed by atoms with Gasteiger partial charge in [0.2, 0.25) is 0 Å². The summed E-state index contributed by atoms with van der Waals surface area (Å²) in [7, 11) is 0. The van der Waals surface area contributed by atoms with E-state index in [1.165, 1.54) is 12.8 Å². The van der Waals surface area contributed by atoms with Crippen molar-refractivity contribution in [2.45, 2.75) is 33.6 Å². The summed E-state index contributed by atoms with van der Waals surface area (Å²) in [5.74, 6) is 1.66. The normalized spacial score (nSPS) is 14.3. The Labute approximate surface area is 58.6 Å². The van der Waals surface area contributed by atoms with Crippen molar-refractivity contribution in [2.24, 2.45) is 17.6 Å². The van der Waals surface area contributed by atoms with E-state index >= 15 is 0 Å². The summed E-state index contributed by atoms with van der Waals surface area (Å²) in [5.41, 5.74) is 5.38. The molecule has 9 heavy (non-hydrogen) atoms. The molecule has 0 spiro atoms. The van der Waals surface area contributed by atoms with Gasteiger partial charge in [0.1, 0.15) is 0 Å². The third-order valence-electron chi connectivity index (χ3n) is 2.00. The molecule has 0 aliphatic rings. The van der Waals surface area contributed by atoms with Gasteiger partial charge >= 0.3 is 0 Å². The summed E-state index contributed by atoms with van der Waals surface area (Å²) in [4.78, 5) is 0. The molecule has 0 saturated carbocycles. The predicted molar refractivity (Wildman–Crippen MR) is 42.3 cm³/mol. The molecule has 56 valence electrons. The van der Waals surface area contributed by atoms with Crippen LogP contribution in [0.4, 0.5) is 0 Å². The number of rotatable bonds is 4. The fraction of sp³-hybridized carbons (Fsp3) is 1.00. The Kier molecular flexibility index (Phi) is 4.78. The van der Waals surface area contributed by atoms with Crippen molar-refractivity contribution >= 4 is 0 Å². The Hall–Kier alpha value is -0.0400. The summed E-state index contributed by atoms with van der Waals surface area (Å²) in [6.07, 6.45) is 2.47. The van der Waals surface area contributed by atoms with Crippen molar-refractivity contribution in [1.82, 2.24) is 0 Å². The second-order valence-corrected chi connectivity index (χ2v) is 3.15. The van der Waals surface area contributed by atoms with Crippen molar-refractivity contribution in [3.63, 3.8) is 0 Å². The Balaban J connectivity index is 3.16. The lowest BCUT2D eigenvalue weighted by Crippen LogP contribution is -2.07. The molecule has 0 aromatic heterocycles. The van der Waals surface area contributed by atoms with Gasteiger partial charge < -0.3 is 5.73 Å². The SMILES string of the molecule is CC(C)C(C)CCCN. The second kappa shape index (κ2) is 4.80. The van der Waals surface area contributed by atoms with E-state index in [9.17, 15) is 0 Å². The van der Waals surface area contributed by atoms with Crippen molar-refractivity contribution in [2.75, 3.05) is 6.54 Å². The molecule has 0 saturated heterocycles. The lowest BCUT2D eigenvalue weighted by atomic mass is 9.93. The van der Waals surface area contributed by atoms with Crippen LogP contribution in [0.2, 0.25) is 0 Å². The third kappa shape index (κ3) is 4.46. The fourth-order valence-corrected chi connectivity index (χ4v) is 0.773. The highest BCUT2D eigenvalue weighted by Gasteiger charge is 2.04. The van der Waals surface area contributed by atoms with Crippen LogP contribution in [0, 0.1) is 11.8 Å². The van der Waals surface area contributed by atoms with Gasteiger partial charge in [0.25, 0.3) is 0 Å². The minimum atomic E-state index is 0.816. The topological polar surface area (TPSA) is 26.0 Å². The molecule has 0 heterocycles. The van der Waals surface area contributed by atoms with Crippen molar-refractivity contribution in [3.8, 4) is 0 Å². The van der Waals surface area contributed by atoms with Crippen LogP contribution >= 0.6 is 0 Å². The smallest absolute Gasteiger partial charge is 0.00772 e. The van der Waals surface area contributed by atoms with E-state index in [2.05, 4.69) is 20.8 Å². The maximum atomic E-state index is 5.38. The van der Waals surface area contributed by atoms with Gasteiger partial charge in [-0.1, -0.05) is 20.8 Å². The summed E-state index contributed by atoms with van der Waals surface area (Å²) < 4.78 is 0. The van der Waals surface area contributed by atoms with Crippen LogP contribution in [0.5, 0.6) is 0 Å². The lowest BCUT2D eigenvalue weighted by Gasteiger charge is -2.13. The van der Waals surface area contributed by atoms with E-state index in [0.717, 1.165) is 18.4 Å². The Morgan fingerprint density at radius 1 is 1.22 bits per heavy atom. The monoisotopic (exact) mass is 129 g/mol. The minimum absolute atomic E-state index is 0.816. The van der Waals surface area contributed by atoms with Gasteiger partial charge in [-0.2, -0.15) is 0 Å².